The topological polar surface area (TPSA) is 49.8 Å². The van der Waals surface area contributed by atoms with E-state index < -0.39 is 18.4 Å². The van der Waals surface area contributed by atoms with Gasteiger partial charge in [0.2, 0.25) is 0 Å². The summed E-state index contributed by atoms with van der Waals surface area (Å²) in [5.74, 6) is -0.140. The van der Waals surface area contributed by atoms with Gasteiger partial charge in [-0.15, -0.1) is 0 Å². The predicted molar refractivity (Wildman–Crippen MR) is 62.5 cm³/mol. The van der Waals surface area contributed by atoms with E-state index in [0.717, 1.165) is 0 Å². The number of carbonyl (C=O) groups is 1. The van der Waals surface area contributed by atoms with Gasteiger partial charge in [0, 0.05) is 13.1 Å². The van der Waals surface area contributed by atoms with Crippen molar-refractivity contribution in [3.05, 3.63) is 0 Å². The lowest BCUT2D eigenvalue weighted by Crippen LogP contribution is -2.43. The highest BCUT2D eigenvalue weighted by molar-refractivity contribution is 5.68. The quantitative estimate of drug-likeness (QED) is 0.811. The molecule has 0 spiro atoms. The van der Waals surface area contributed by atoms with E-state index in [-0.39, 0.29) is 12.0 Å². The largest absolute Gasteiger partial charge is 0.444 e. The molecule has 1 heterocycles. The summed E-state index contributed by atoms with van der Waals surface area (Å²) in [6.45, 7) is 6.03. The number of hydrogen-bond acceptors (Lipinski definition) is 3. The molecule has 0 aromatic carbocycles. The lowest BCUT2D eigenvalue weighted by Gasteiger charge is -2.34. The van der Waals surface area contributed by atoms with Gasteiger partial charge in [-0.05, 0) is 39.5 Å². The minimum Gasteiger partial charge on any atom is -0.444 e. The van der Waals surface area contributed by atoms with E-state index in [0.29, 0.717) is 25.9 Å². The molecule has 1 N–H and O–H groups in total. The molecule has 0 aliphatic carbocycles. The molecule has 1 saturated heterocycles. The Kier molecular flexibility index (Phi) is 4.74. The van der Waals surface area contributed by atoms with Gasteiger partial charge in [-0.25, -0.2) is 9.18 Å². The maximum absolute atomic E-state index is 13.2. The second-order valence-electron chi connectivity index (χ2n) is 5.50. The number of carbonyl (C=O) groups excluding carboxylic acids is 1. The summed E-state index contributed by atoms with van der Waals surface area (Å²) in [7, 11) is 0. The van der Waals surface area contributed by atoms with Crippen LogP contribution in [0.5, 0.6) is 0 Å². The maximum Gasteiger partial charge on any atom is 0.410 e. The Morgan fingerprint density at radius 1 is 1.47 bits per heavy atom. The zero-order chi connectivity index (χ0) is 13.1. The van der Waals surface area contributed by atoms with Gasteiger partial charge in [-0.1, -0.05) is 0 Å². The van der Waals surface area contributed by atoms with Crippen LogP contribution in [0.3, 0.4) is 0 Å². The highest BCUT2D eigenvalue weighted by Crippen LogP contribution is 2.23. The molecule has 1 amide bonds. The van der Waals surface area contributed by atoms with E-state index in [4.69, 9.17) is 9.84 Å². The van der Waals surface area contributed by atoms with Crippen molar-refractivity contribution in [1.82, 2.24) is 4.90 Å². The van der Waals surface area contributed by atoms with Crippen LogP contribution in [0.2, 0.25) is 0 Å². The number of aliphatic hydroxyl groups excluding tert-OH is 1. The van der Waals surface area contributed by atoms with Crippen LogP contribution < -0.4 is 0 Å². The van der Waals surface area contributed by atoms with Gasteiger partial charge in [0.15, 0.2) is 0 Å². The number of piperidine rings is 1. The maximum atomic E-state index is 13.2. The fraction of sp³-hybridized carbons (Fsp3) is 0.917. The second kappa shape index (κ2) is 5.67. The molecule has 17 heavy (non-hydrogen) atoms. The van der Waals surface area contributed by atoms with Gasteiger partial charge < -0.3 is 14.7 Å². The fourth-order valence-corrected chi connectivity index (χ4v) is 1.92. The molecular formula is C12H22FNO3. The first kappa shape index (κ1) is 14.2. The van der Waals surface area contributed by atoms with E-state index in [1.165, 1.54) is 0 Å². The molecule has 0 aromatic rings. The third kappa shape index (κ3) is 4.50. The molecule has 1 aliphatic heterocycles. The number of hydrogen-bond donors (Lipinski definition) is 1. The monoisotopic (exact) mass is 247 g/mol. The summed E-state index contributed by atoms with van der Waals surface area (Å²) in [6, 6.07) is 0. The standard InChI is InChI=1S/C12H22FNO3/c1-12(2,3)17-11(16)14-6-4-9(5-7-14)10(13)8-15/h9-10,15H,4-8H2,1-3H3. The van der Waals surface area contributed by atoms with Crippen molar-refractivity contribution in [2.75, 3.05) is 19.7 Å². The molecule has 1 atom stereocenters. The molecule has 1 aliphatic rings. The lowest BCUT2D eigenvalue weighted by atomic mass is 9.93. The molecule has 100 valence electrons. The van der Waals surface area contributed by atoms with E-state index in [9.17, 15) is 9.18 Å². The molecule has 1 unspecified atom stereocenters. The molecule has 0 saturated carbocycles. The minimum absolute atomic E-state index is 0.140. The number of amides is 1. The third-order valence-corrected chi connectivity index (χ3v) is 2.88. The number of halogens is 1. The summed E-state index contributed by atoms with van der Waals surface area (Å²) in [4.78, 5) is 13.3. The average molecular weight is 247 g/mol. The van der Waals surface area contributed by atoms with E-state index in [1.807, 2.05) is 20.8 Å². The van der Waals surface area contributed by atoms with Crippen LogP contribution >= 0.6 is 0 Å². The van der Waals surface area contributed by atoms with Crippen molar-refractivity contribution in [1.29, 1.82) is 0 Å². The van der Waals surface area contributed by atoms with Crippen molar-refractivity contribution in [2.24, 2.45) is 5.92 Å². The Morgan fingerprint density at radius 3 is 2.41 bits per heavy atom. The Labute approximate surface area is 102 Å². The predicted octanol–water partition coefficient (Wildman–Crippen LogP) is 1.96. The number of nitrogens with zero attached hydrogens (tertiary/aromatic N) is 1. The third-order valence-electron chi connectivity index (χ3n) is 2.88. The zero-order valence-corrected chi connectivity index (χ0v) is 10.8. The first-order valence-electron chi connectivity index (χ1n) is 6.06. The summed E-state index contributed by atoms with van der Waals surface area (Å²) < 4.78 is 18.5. The number of aliphatic hydroxyl groups is 1. The first-order chi connectivity index (χ1) is 7.83. The second-order valence-corrected chi connectivity index (χ2v) is 5.50. The highest BCUT2D eigenvalue weighted by Gasteiger charge is 2.30. The van der Waals surface area contributed by atoms with Gasteiger partial charge in [0.25, 0.3) is 0 Å². The number of alkyl halides is 1. The summed E-state index contributed by atoms with van der Waals surface area (Å²) in [6.07, 6.45) is -0.340. The van der Waals surface area contributed by atoms with Crippen LogP contribution in [0, 0.1) is 5.92 Å². The van der Waals surface area contributed by atoms with Crippen LogP contribution in [-0.2, 0) is 4.74 Å². The fourth-order valence-electron chi connectivity index (χ4n) is 1.92. The molecule has 0 bridgehead atoms. The summed E-state index contributed by atoms with van der Waals surface area (Å²) in [5, 5.41) is 8.73. The van der Waals surface area contributed by atoms with Crippen molar-refractivity contribution < 1.29 is 19.0 Å². The van der Waals surface area contributed by atoms with Gasteiger partial charge in [-0.3, -0.25) is 0 Å². The van der Waals surface area contributed by atoms with Crippen molar-refractivity contribution in [2.45, 2.75) is 45.4 Å². The normalized spacial score (nSPS) is 20.2. The van der Waals surface area contributed by atoms with Gasteiger partial charge in [-0.2, -0.15) is 0 Å². The number of likely N-dealkylation sites (tertiary alicyclic amines) is 1. The first-order valence-corrected chi connectivity index (χ1v) is 6.06. The molecule has 4 nitrogen and oxygen atoms in total. The van der Waals surface area contributed by atoms with Crippen LogP contribution in [0.15, 0.2) is 0 Å². The molecule has 0 radical (unpaired) electrons. The van der Waals surface area contributed by atoms with Crippen LogP contribution in [-0.4, -0.2) is 47.6 Å². The van der Waals surface area contributed by atoms with Gasteiger partial charge >= 0.3 is 6.09 Å². The highest BCUT2D eigenvalue weighted by atomic mass is 19.1. The van der Waals surface area contributed by atoms with E-state index >= 15 is 0 Å². The van der Waals surface area contributed by atoms with Crippen molar-refractivity contribution >= 4 is 6.09 Å². The average Bonchev–Trinajstić information content (AvgIpc) is 2.26. The molecular weight excluding hydrogens is 225 g/mol. The summed E-state index contributed by atoms with van der Waals surface area (Å²) >= 11 is 0. The molecule has 0 aromatic heterocycles. The van der Waals surface area contributed by atoms with Crippen molar-refractivity contribution in [3.8, 4) is 0 Å². The minimum atomic E-state index is -1.17. The van der Waals surface area contributed by atoms with Crippen LogP contribution in [0.4, 0.5) is 9.18 Å². The molecule has 5 heteroatoms. The number of ether oxygens (including phenoxy) is 1. The Balaban J connectivity index is 2.39. The van der Waals surface area contributed by atoms with Gasteiger partial charge in [0.05, 0.1) is 6.61 Å². The van der Waals surface area contributed by atoms with E-state index in [1.54, 1.807) is 4.90 Å². The Morgan fingerprint density at radius 2 is 2.00 bits per heavy atom. The van der Waals surface area contributed by atoms with Crippen LogP contribution in [0.25, 0.3) is 0 Å². The summed E-state index contributed by atoms with van der Waals surface area (Å²) in [5.41, 5.74) is -0.498. The smallest absolute Gasteiger partial charge is 0.410 e. The van der Waals surface area contributed by atoms with Gasteiger partial charge in [0.1, 0.15) is 11.8 Å². The zero-order valence-electron chi connectivity index (χ0n) is 10.8. The van der Waals surface area contributed by atoms with E-state index in [2.05, 4.69) is 0 Å². The van der Waals surface area contributed by atoms with Crippen molar-refractivity contribution in [3.63, 3.8) is 0 Å². The molecule has 1 rings (SSSR count). The SMILES string of the molecule is CC(C)(C)OC(=O)N1CCC(C(F)CO)CC1. The number of rotatable bonds is 2. The molecule has 1 fully saturated rings. The lowest BCUT2D eigenvalue weighted by molar-refractivity contribution is 0.0116. The Bertz CT molecular complexity index is 257. The Hall–Kier alpha value is -0.840. The van der Waals surface area contributed by atoms with Crippen LogP contribution in [0.1, 0.15) is 33.6 Å².